The molecule has 0 spiro atoms. The lowest BCUT2D eigenvalue weighted by atomic mass is 10.1. The van der Waals surface area contributed by atoms with Gasteiger partial charge in [0.25, 0.3) is 0 Å². The topological polar surface area (TPSA) is 38.3 Å². The molecule has 0 aliphatic rings. The van der Waals surface area contributed by atoms with Gasteiger partial charge in [-0.15, -0.1) is 0 Å². The molecule has 2 rings (SSSR count). The van der Waals surface area contributed by atoms with E-state index < -0.39 is 17.8 Å². The molecule has 0 saturated carbocycles. The van der Waals surface area contributed by atoms with Crippen LogP contribution in [0.25, 0.3) is 0 Å². The molecule has 0 aliphatic carbocycles. The SMILES string of the molecule is COC(=O)C(Nc1ccccc1Cl)c1cc(Br)ccc1F. The predicted octanol–water partition coefficient (Wildman–Crippen LogP) is 4.57. The molecule has 6 heteroatoms. The van der Waals surface area contributed by atoms with Crippen LogP contribution in [0.15, 0.2) is 46.9 Å². The first-order chi connectivity index (χ1) is 10.0. The van der Waals surface area contributed by atoms with Gasteiger partial charge in [-0.1, -0.05) is 39.7 Å². The fourth-order valence-corrected chi connectivity index (χ4v) is 2.42. The van der Waals surface area contributed by atoms with Gasteiger partial charge in [-0.25, -0.2) is 9.18 Å². The summed E-state index contributed by atoms with van der Waals surface area (Å²) in [5, 5.41) is 3.35. The van der Waals surface area contributed by atoms with Gasteiger partial charge in [-0.2, -0.15) is 0 Å². The maximum absolute atomic E-state index is 14.0. The van der Waals surface area contributed by atoms with E-state index in [2.05, 4.69) is 21.2 Å². The summed E-state index contributed by atoms with van der Waals surface area (Å²) in [6, 6.07) is 10.3. The normalized spacial score (nSPS) is 11.8. The molecule has 0 aliphatic heterocycles. The molecule has 0 heterocycles. The maximum Gasteiger partial charge on any atom is 0.333 e. The molecule has 0 amide bonds. The van der Waals surface area contributed by atoms with Crippen molar-refractivity contribution >= 4 is 39.2 Å². The number of nitrogens with one attached hydrogen (secondary N) is 1. The second-order valence-corrected chi connectivity index (χ2v) is 5.57. The summed E-state index contributed by atoms with van der Waals surface area (Å²) in [4.78, 5) is 12.0. The number of rotatable bonds is 4. The van der Waals surface area contributed by atoms with Crippen molar-refractivity contribution in [3.8, 4) is 0 Å². The Morgan fingerprint density at radius 2 is 2.05 bits per heavy atom. The maximum atomic E-state index is 14.0. The molecule has 21 heavy (non-hydrogen) atoms. The van der Waals surface area contributed by atoms with Crippen LogP contribution in [-0.4, -0.2) is 13.1 Å². The van der Waals surface area contributed by atoms with Crippen molar-refractivity contribution < 1.29 is 13.9 Å². The molecular formula is C15H12BrClFNO2. The fourth-order valence-electron chi connectivity index (χ4n) is 1.85. The van der Waals surface area contributed by atoms with Crippen LogP contribution in [0.4, 0.5) is 10.1 Å². The molecule has 0 radical (unpaired) electrons. The van der Waals surface area contributed by atoms with Gasteiger partial charge in [-0.3, -0.25) is 0 Å². The van der Waals surface area contributed by atoms with Crippen molar-refractivity contribution in [1.82, 2.24) is 0 Å². The molecule has 1 N–H and O–H groups in total. The zero-order valence-corrected chi connectivity index (χ0v) is 13.4. The van der Waals surface area contributed by atoms with E-state index >= 15 is 0 Å². The summed E-state index contributed by atoms with van der Waals surface area (Å²) in [6.07, 6.45) is 0. The van der Waals surface area contributed by atoms with Gasteiger partial charge in [-0.05, 0) is 30.3 Å². The van der Waals surface area contributed by atoms with Crippen molar-refractivity contribution in [1.29, 1.82) is 0 Å². The van der Waals surface area contributed by atoms with E-state index in [1.807, 2.05) is 0 Å². The Kier molecular flexibility index (Phi) is 5.20. The number of benzene rings is 2. The molecular weight excluding hydrogens is 361 g/mol. The predicted molar refractivity (Wildman–Crippen MR) is 83.9 cm³/mol. The summed E-state index contributed by atoms with van der Waals surface area (Å²) in [5.41, 5.74) is 0.699. The molecule has 0 aromatic heterocycles. The number of anilines is 1. The van der Waals surface area contributed by atoms with E-state index in [-0.39, 0.29) is 5.56 Å². The Morgan fingerprint density at radius 3 is 2.71 bits per heavy atom. The van der Waals surface area contributed by atoms with Crippen LogP contribution in [0.3, 0.4) is 0 Å². The van der Waals surface area contributed by atoms with Crippen molar-refractivity contribution in [2.45, 2.75) is 6.04 Å². The van der Waals surface area contributed by atoms with E-state index in [0.29, 0.717) is 15.2 Å². The van der Waals surface area contributed by atoms with Crippen LogP contribution in [0.5, 0.6) is 0 Å². The molecule has 110 valence electrons. The fraction of sp³-hybridized carbons (Fsp3) is 0.133. The highest BCUT2D eigenvalue weighted by molar-refractivity contribution is 9.10. The molecule has 2 aromatic carbocycles. The summed E-state index contributed by atoms with van der Waals surface area (Å²) in [5.74, 6) is -1.11. The summed E-state index contributed by atoms with van der Waals surface area (Å²) >= 11 is 9.32. The Hall–Kier alpha value is -1.59. The molecule has 0 saturated heterocycles. The number of methoxy groups -OCH3 is 1. The van der Waals surface area contributed by atoms with E-state index in [9.17, 15) is 9.18 Å². The number of carbonyl (C=O) groups is 1. The van der Waals surface area contributed by atoms with Gasteiger partial charge in [0.1, 0.15) is 5.82 Å². The molecule has 1 unspecified atom stereocenters. The van der Waals surface area contributed by atoms with Crippen molar-refractivity contribution in [3.63, 3.8) is 0 Å². The third-order valence-electron chi connectivity index (χ3n) is 2.88. The summed E-state index contributed by atoms with van der Waals surface area (Å²) in [6.45, 7) is 0. The lowest BCUT2D eigenvalue weighted by molar-refractivity contribution is -0.141. The van der Waals surface area contributed by atoms with Crippen LogP contribution in [0.2, 0.25) is 5.02 Å². The monoisotopic (exact) mass is 371 g/mol. The van der Waals surface area contributed by atoms with Crippen LogP contribution in [0.1, 0.15) is 11.6 Å². The van der Waals surface area contributed by atoms with Gasteiger partial charge >= 0.3 is 5.97 Å². The number of hydrogen-bond donors (Lipinski definition) is 1. The highest BCUT2D eigenvalue weighted by Crippen LogP contribution is 2.29. The minimum atomic E-state index is -0.993. The lowest BCUT2D eigenvalue weighted by Gasteiger charge is -2.19. The van der Waals surface area contributed by atoms with Gasteiger partial charge in [0, 0.05) is 10.0 Å². The molecule has 0 bridgehead atoms. The zero-order chi connectivity index (χ0) is 15.4. The van der Waals surface area contributed by atoms with Gasteiger partial charge in [0.05, 0.1) is 17.8 Å². The van der Waals surface area contributed by atoms with Crippen LogP contribution in [-0.2, 0) is 9.53 Å². The summed E-state index contributed by atoms with van der Waals surface area (Å²) in [7, 11) is 1.25. The van der Waals surface area contributed by atoms with Crippen LogP contribution >= 0.6 is 27.5 Å². The van der Waals surface area contributed by atoms with Gasteiger partial charge in [0.2, 0.25) is 0 Å². The Labute approximate surface area is 135 Å². The molecule has 0 fully saturated rings. The summed E-state index contributed by atoms with van der Waals surface area (Å²) < 4.78 is 19.4. The van der Waals surface area contributed by atoms with E-state index in [1.54, 1.807) is 30.3 Å². The smallest absolute Gasteiger partial charge is 0.333 e. The number of ether oxygens (including phenoxy) is 1. The largest absolute Gasteiger partial charge is 0.467 e. The van der Waals surface area contributed by atoms with Crippen LogP contribution in [0, 0.1) is 5.82 Å². The van der Waals surface area contributed by atoms with Crippen molar-refractivity contribution in [3.05, 3.63) is 63.3 Å². The minimum absolute atomic E-state index is 0.177. The molecule has 1 atom stereocenters. The highest BCUT2D eigenvalue weighted by Gasteiger charge is 2.25. The third kappa shape index (κ3) is 3.74. The number of halogens is 3. The lowest BCUT2D eigenvalue weighted by Crippen LogP contribution is -2.23. The first-order valence-corrected chi connectivity index (χ1v) is 7.24. The van der Waals surface area contributed by atoms with E-state index in [4.69, 9.17) is 16.3 Å². The second kappa shape index (κ2) is 6.91. The first-order valence-electron chi connectivity index (χ1n) is 6.06. The standard InChI is InChI=1S/C15H12BrClFNO2/c1-21-15(20)14(10-8-9(16)6-7-12(10)18)19-13-5-3-2-4-11(13)17/h2-8,14,19H,1H3. The number of esters is 1. The van der Waals surface area contributed by atoms with E-state index in [0.717, 1.165) is 0 Å². The Bertz CT molecular complexity index is 666. The van der Waals surface area contributed by atoms with E-state index in [1.165, 1.54) is 19.2 Å². The zero-order valence-electron chi connectivity index (χ0n) is 11.1. The molecule has 3 nitrogen and oxygen atoms in total. The number of carbonyl (C=O) groups excluding carboxylic acids is 1. The Balaban J connectivity index is 2.42. The second-order valence-electron chi connectivity index (χ2n) is 4.25. The minimum Gasteiger partial charge on any atom is -0.467 e. The first kappa shape index (κ1) is 15.8. The number of hydrogen-bond acceptors (Lipinski definition) is 3. The number of para-hydroxylation sites is 1. The van der Waals surface area contributed by atoms with Crippen molar-refractivity contribution in [2.24, 2.45) is 0 Å². The Morgan fingerprint density at radius 1 is 1.33 bits per heavy atom. The average Bonchev–Trinajstić information content (AvgIpc) is 2.48. The molecule has 2 aromatic rings. The van der Waals surface area contributed by atoms with Crippen molar-refractivity contribution in [2.75, 3.05) is 12.4 Å². The average molecular weight is 373 g/mol. The van der Waals surface area contributed by atoms with Gasteiger partial charge < -0.3 is 10.1 Å². The van der Waals surface area contributed by atoms with Crippen LogP contribution < -0.4 is 5.32 Å². The quantitative estimate of drug-likeness (QED) is 0.799. The van der Waals surface area contributed by atoms with Gasteiger partial charge in [0.15, 0.2) is 6.04 Å². The third-order valence-corrected chi connectivity index (χ3v) is 3.70. The highest BCUT2D eigenvalue weighted by atomic mass is 79.9.